The predicted molar refractivity (Wildman–Crippen MR) is 170 cm³/mol. The molecule has 0 unspecified atom stereocenters. The Hall–Kier alpha value is -3.80. The van der Waals surface area contributed by atoms with Gasteiger partial charge < -0.3 is 32.7 Å². The van der Waals surface area contributed by atoms with Gasteiger partial charge in [-0.15, -0.1) is 0 Å². The molecule has 2 atom stereocenters. The van der Waals surface area contributed by atoms with E-state index >= 15 is 0 Å². The first-order valence-corrected chi connectivity index (χ1v) is 16.1. The number of carbonyl (C=O) groups excluding carboxylic acids is 1. The second kappa shape index (κ2) is 15.0. The highest BCUT2D eigenvalue weighted by atomic mass is 32.2. The van der Waals surface area contributed by atoms with Crippen molar-refractivity contribution in [3.8, 4) is 23.0 Å². The summed E-state index contributed by atoms with van der Waals surface area (Å²) in [5, 5.41) is 0. The van der Waals surface area contributed by atoms with E-state index in [-0.39, 0.29) is 16.9 Å². The van der Waals surface area contributed by atoms with Crippen molar-refractivity contribution in [2.24, 2.45) is 0 Å². The number of rotatable bonds is 10. The summed E-state index contributed by atoms with van der Waals surface area (Å²) in [5.41, 5.74) is 3.11. The van der Waals surface area contributed by atoms with Crippen molar-refractivity contribution in [1.82, 2.24) is 0 Å². The number of likely N-dealkylation sites (N-methyl/N-ethyl adjacent to an activating group) is 1. The van der Waals surface area contributed by atoms with Crippen LogP contribution in [-0.2, 0) is 32.5 Å². The average molecular weight is 644 g/mol. The number of hydrogen-bond donors (Lipinski definition) is 0. The Balaban J connectivity index is 0.000000468. The first kappa shape index (κ1) is 35.7. The van der Waals surface area contributed by atoms with Crippen LogP contribution in [0.5, 0.6) is 23.0 Å². The molecule has 45 heavy (non-hydrogen) atoms. The molecule has 1 heterocycles. The number of carbonyl (C=O) groups is 1. The summed E-state index contributed by atoms with van der Waals surface area (Å²) < 4.78 is 59.3. The van der Waals surface area contributed by atoms with Crippen molar-refractivity contribution in [2.45, 2.75) is 56.6 Å². The van der Waals surface area contributed by atoms with E-state index in [1.165, 1.54) is 35.4 Å². The highest BCUT2D eigenvalue weighted by Gasteiger charge is 2.40. The van der Waals surface area contributed by atoms with Crippen molar-refractivity contribution in [2.75, 3.05) is 48.6 Å². The largest absolute Gasteiger partial charge is 0.744 e. The molecule has 0 bridgehead atoms. The van der Waals surface area contributed by atoms with Crippen molar-refractivity contribution in [3.05, 3.63) is 77.4 Å². The summed E-state index contributed by atoms with van der Waals surface area (Å²) in [6.45, 7) is 7.29. The molecular formula is C34H45NO9S. The van der Waals surface area contributed by atoms with Crippen LogP contribution in [0.15, 0.2) is 65.6 Å². The molecule has 3 aromatic carbocycles. The molecule has 0 saturated heterocycles. The molecule has 0 radical (unpaired) electrons. The normalized spacial score (nSPS) is 17.7. The zero-order valence-electron chi connectivity index (χ0n) is 27.4. The van der Waals surface area contributed by atoms with Gasteiger partial charge in [0, 0.05) is 18.4 Å². The Labute approximate surface area is 267 Å². The van der Waals surface area contributed by atoms with Crippen LogP contribution in [0, 0.1) is 0 Å². The summed E-state index contributed by atoms with van der Waals surface area (Å²) in [7, 11) is 4.59. The molecule has 0 aromatic heterocycles. The van der Waals surface area contributed by atoms with E-state index in [0.717, 1.165) is 35.2 Å². The smallest absolute Gasteiger partial charge is 0.312 e. The van der Waals surface area contributed by atoms with E-state index < -0.39 is 15.7 Å². The molecule has 0 fully saturated rings. The number of hydrogen-bond acceptors (Lipinski definition) is 9. The zero-order chi connectivity index (χ0) is 33.4. The Morgan fingerprint density at radius 2 is 1.44 bits per heavy atom. The Morgan fingerprint density at radius 1 is 0.867 bits per heavy atom. The Bertz CT molecular complexity index is 1550. The van der Waals surface area contributed by atoms with E-state index in [2.05, 4.69) is 25.2 Å². The van der Waals surface area contributed by atoms with E-state index in [0.29, 0.717) is 30.2 Å². The van der Waals surface area contributed by atoms with Crippen LogP contribution in [0.4, 0.5) is 0 Å². The first-order valence-electron chi connectivity index (χ1n) is 14.7. The molecular weight excluding hydrogens is 598 g/mol. The molecule has 11 heteroatoms. The number of methoxy groups -OCH3 is 4. The SMILES string of the molecule is COc1ccc(C[C@H]2c3cc(OC)c(OC)cc3CC[N@+]2(C)CCC(=O)OC(C)(C)C)cc1OC.O=S(=O)([O-])c1ccccc1. The minimum atomic E-state index is -4.25. The second-order valence-electron chi connectivity index (χ2n) is 12.1. The van der Waals surface area contributed by atoms with Crippen LogP contribution in [0.2, 0.25) is 0 Å². The number of fused-ring (bicyclic) bond motifs is 1. The quantitative estimate of drug-likeness (QED) is 0.164. The third-order valence-corrected chi connectivity index (χ3v) is 8.65. The topological polar surface area (TPSA) is 120 Å². The third kappa shape index (κ3) is 9.59. The highest BCUT2D eigenvalue weighted by molar-refractivity contribution is 7.85. The van der Waals surface area contributed by atoms with Gasteiger partial charge in [0.15, 0.2) is 23.0 Å². The summed E-state index contributed by atoms with van der Waals surface area (Å²) in [5.74, 6) is 2.69. The number of quaternary nitrogens is 1. The highest BCUT2D eigenvalue weighted by Crippen LogP contribution is 2.43. The molecule has 0 amide bonds. The van der Waals surface area contributed by atoms with Crippen LogP contribution < -0.4 is 18.9 Å². The molecule has 0 aliphatic carbocycles. The van der Waals surface area contributed by atoms with E-state index in [1.807, 2.05) is 32.9 Å². The average Bonchev–Trinajstić information content (AvgIpc) is 3.00. The molecule has 0 spiro atoms. The lowest BCUT2D eigenvalue weighted by molar-refractivity contribution is -0.940. The van der Waals surface area contributed by atoms with Gasteiger partial charge in [0.25, 0.3) is 0 Å². The van der Waals surface area contributed by atoms with Gasteiger partial charge in [-0.1, -0.05) is 24.3 Å². The van der Waals surface area contributed by atoms with Gasteiger partial charge >= 0.3 is 5.97 Å². The van der Waals surface area contributed by atoms with Gasteiger partial charge in [0.2, 0.25) is 0 Å². The predicted octanol–water partition coefficient (Wildman–Crippen LogP) is 5.33. The van der Waals surface area contributed by atoms with Gasteiger partial charge in [-0.25, -0.2) is 8.42 Å². The number of esters is 1. The molecule has 1 aliphatic rings. The molecule has 246 valence electrons. The van der Waals surface area contributed by atoms with Crippen LogP contribution >= 0.6 is 0 Å². The molecule has 0 saturated carbocycles. The summed E-state index contributed by atoms with van der Waals surface area (Å²) in [6.07, 6.45) is 2.02. The van der Waals surface area contributed by atoms with Crippen LogP contribution in [0.3, 0.4) is 0 Å². The summed E-state index contributed by atoms with van der Waals surface area (Å²) >= 11 is 0. The zero-order valence-corrected chi connectivity index (χ0v) is 28.2. The fraction of sp³-hybridized carbons (Fsp3) is 0.441. The minimum Gasteiger partial charge on any atom is -0.744 e. The second-order valence-corrected chi connectivity index (χ2v) is 13.5. The van der Waals surface area contributed by atoms with Crippen molar-refractivity contribution < 1.29 is 45.9 Å². The number of benzene rings is 3. The maximum absolute atomic E-state index is 12.6. The van der Waals surface area contributed by atoms with Gasteiger partial charge in [0.05, 0.1) is 59.9 Å². The molecule has 0 N–H and O–H groups in total. The molecule has 4 rings (SSSR count). The Kier molecular flexibility index (Phi) is 11.9. The maximum Gasteiger partial charge on any atom is 0.312 e. The lowest BCUT2D eigenvalue weighted by Gasteiger charge is -2.46. The molecule has 3 aromatic rings. The number of ether oxygens (including phenoxy) is 5. The fourth-order valence-corrected chi connectivity index (χ4v) is 5.98. The monoisotopic (exact) mass is 643 g/mol. The van der Waals surface area contributed by atoms with Crippen molar-refractivity contribution in [3.63, 3.8) is 0 Å². The maximum atomic E-state index is 12.6. The number of nitrogens with zero attached hydrogens (tertiary/aromatic N) is 1. The molecule has 1 aliphatic heterocycles. The lowest BCUT2D eigenvalue weighted by Crippen LogP contribution is -2.53. The third-order valence-electron chi connectivity index (χ3n) is 7.80. The Morgan fingerprint density at radius 3 is 1.98 bits per heavy atom. The van der Waals surface area contributed by atoms with Crippen LogP contribution in [0.1, 0.15) is 49.9 Å². The van der Waals surface area contributed by atoms with E-state index in [1.54, 1.807) is 34.5 Å². The minimum absolute atomic E-state index is 0.110. The van der Waals surface area contributed by atoms with E-state index in [4.69, 9.17) is 23.7 Å². The van der Waals surface area contributed by atoms with E-state index in [9.17, 15) is 17.8 Å². The van der Waals surface area contributed by atoms with Gasteiger partial charge in [0.1, 0.15) is 21.8 Å². The van der Waals surface area contributed by atoms with Crippen molar-refractivity contribution in [1.29, 1.82) is 0 Å². The van der Waals surface area contributed by atoms with Crippen LogP contribution in [0.25, 0.3) is 0 Å². The fourth-order valence-electron chi connectivity index (χ4n) is 5.49. The van der Waals surface area contributed by atoms with Crippen LogP contribution in [-0.4, -0.2) is 77.6 Å². The lowest BCUT2D eigenvalue weighted by atomic mass is 9.86. The van der Waals surface area contributed by atoms with Gasteiger partial charge in [-0.3, -0.25) is 4.79 Å². The van der Waals surface area contributed by atoms with Gasteiger partial charge in [-0.05, 0) is 68.3 Å². The molecule has 10 nitrogen and oxygen atoms in total. The summed E-state index contributed by atoms with van der Waals surface area (Å²) in [4.78, 5) is 12.4. The summed E-state index contributed by atoms with van der Waals surface area (Å²) in [6, 6.07) is 17.5. The first-order chi connectivity index (χ1) is 21.1. The van der Waals surface area contributed by atoms with Crippen molar-refractivity contribution >= 4 is 16.1 Å². The van der Waals surface area contributed by atoms with Gasteiger partial charge in [-0.2, -0.15) is 0 Å². The standard InChI is InChI=1S/C28H40NO6.C6H6O3S/c1-28(2,3)35-27(30)12-14-29(4)13-11-20-17-25(33-7)26(34-8)18-21(20)22(29)15-19-9-10-23(31-5)24(16-19)32-6;7-10(8,9)6-4-2-1-3-5-6/h9-10,16-18,22H,11-15H2,1-8H3;1-5H,(H,7,8,9)/q+1;/p-1/t22-,29+;/m0./s1.